The van der Waals surface area contributed by atoms with E-state index in [-0.39, 0.29) is 5.91 Å². The number of hydrogen-bond acceptors (Lipinski definition) is 4. The van der Waals surface area contributed by atoms with Crippen molar-refractivity contribution in [3.05, 3.63) is 83.0 Å². The average Bonchev–Trinajstić information content (AvgIpc) is 2.70. The molecular formula is C22H20N4O. The molecule has 134 valence electrons. The molecule has 3 aromatic rings. The first-order chi connectivity index (χ1) is 13.1. The summed E-state index contributed by atoms with van der Waals surface area (Å²) in [5.41, 5.74) is 5.04. The van der Waals surface area contributed by atoms with E-state index in [0.29, 0.717) is 22.6 Å². The third-order valence-electron chi connectivity index (χ3n) is 4.29. The van der Waals surface area contributed by atoms with Crippen molar-refractivity contribution in [1.82, 2.24) is 4.98 Å². The zero-order chi connectivity index (χ0) is 19.2. The number of nitrogens with zero attached hydrogens (tertiary/aromatic N) is 2. The second-order valence-corrected chi connectivity index (χ2v) is 6.16. The van der Waals surface area contributed by atoms with Crippen LogP contribution in [0.5, 0.6) is 0 Å². The highest BCUT2D eigenvalue weighted by Crippen LogP contribution is 2.25. The fraction of sp³-hybridized carbons (Fsp3) is 0.136. The highest BCUT2D eigenvalue weighted by Gasteiger charge is 2.10. The molecule has 0 bridgehead atoms. The zero-order valence-corrected chi connectivity index (χ0v) is 15.3. The van der Waals surface area contributed by atoms with Crippen LogP contribution in [0.25, 0.3) is 0 Å². The van der Waals surface area contributed by atoms with Crippen LogP contribution in [0, 0.1) is 18.3 Å². The van der Waals surface area contributed by atoms with Gasteiger partial charge in [-0.15, -0.1) is 0 Å². The highest BCUT2D eigenvalue weighted by molar-refractivity contribution is 6.04. The topological polar surface area (TPSA) is 77.8 Å². The molecule has 0 saturated carbocycles. The lowest BCUT2D eigenvalue weighted by Gasteiger charge is -2.14. The van der Waals surface area contributed by atoms with Crippen LogP contribution in [0.3, 0.4) is 0 Å². The van der Waals surface area contributed by atoms with Crippen LogP contribution < -0.4 is 10.6 Å². The maximum Gasteiger partial charge on any atom is 0.255 e. The van der Waals surface area contributed by atoms with E-state index in [9.17, 15) is 4.79 Å². The first-order valence-electron chi connectivity index (χ1n) is 8.73. The predicted octanol–water partition coefficient (Wildman–Crippen LogP) is 4.82. The number of nitriles is 1. The number of carbonyl (C=O) groups is 1. The minimum absolute atomic E-state index is 0.231. The van der Waals surface area contributed by atoms with Crippen LogP contribution in [0.15, 0.2) is 60.8 Å². The molecule has 0 atom stereocenters. The summed E-state index contributed by atoms with van der Waals surface area (Å²) in [5, 5.41) is 15.0. The molecule has 1 heterocycles. The monoisotopic (exact) mass is 356 g/mol. The van der Waals surface area contributed by atoms with Crippen molar-refractivity contribution in [3.8, 4) is 6.07 Å². The van der Waals surface area contributed by atoms with E-state index < -0.39 is 0 Å². The molecule has 0 spiro atoms. The van der Waals surface area contributed by atoms with E-state index in [2.05, 4.69) is 34.7 Å². The Hall–Kier alpha value is -3.65. The molecule has 5 nitrogen and oxygen atoms in total. The summed E-state index contributed by atoms with van der Waals surface area (Å²) >= 11 is 0. The third-order valence-corrected chi connectivity index (χ3v) is 4.29. The average molecular weight is 356 g/mol. The number of amides is 1. The van der Waals surface area contributed by atoms with Crippen molar-refractivity contribution in [3.63, 3.8) is 0 Å². The Balaban J connectivity index is 1.79. The molecule has 1 amide bonds. The number of hydrogen-bond donors (Lipinski definition) is 2. The van der Waals surface area contributed by atoms with E-state index in [0.717, 1.165) is 17.7 Å². The molecule has 2 aromatic carbocycles. The summed E-state index contributed by atoms with van der Waals surface area (Å²) in [6, 6.07) is 18.4. The van der Waals surface area contributed by atoms with Gasteiger partial charge >= 0.3 is 0 Å². The lowest BCUT2D eigenvalue weighted by atomic mass is 10.1. The van der Waals surface area contributed by atoms with Gasteiger partial charge in [0.1, 0.15) is 5.82 Å². The number of nitrogens with one attached hydrogen (secondary N) is 2. The van der Waals surface area contributed by atoms with E-state index in [1.54, 1.807) is 42.6 Å². The van der Waals surface area contributed by atoms with Crippen LogP contribution in [0.1, 0.15) is 34.0 Å². The molecule has 3 rings (SSSR count). The number of carbonyl (C=O) groups excluding carboxylic acids is 1. The quantitative estimate of drug-likeness (QED) is 0.687. The minimum Gasteiger partial charge on any atom is -0.340 e. The number of rotatable bonds is 5. The van der Waals surface area contributed by atoms with E-state index >= 15 is 0 Å². The minimum atomic E-state index is -0.231. The SMILES string of the molecule is CCc1cccc(C)c1Nc1cc(C(=O)Nc2ccc(C#N)cc2)ccn1. The van der Waals surface area contributed by atoms with E-state index in [1.807, 2.05) is 19.1 Å². The molecule has 0 aliphatic carbocycles. The van der Waals surface area contributed by atoms with Crippen molar-refractivity contribution in [2.75, 3.05) is 10.6 Å². The van der Waals surface area contributed by atoms with Gasteiger partial charge in [-0.25, -0.2) is 4.98 Å². The molecule has 0 radical (unpaired) electrons. The van der Waals surface area contributed by atoms with Crippen molar-refractivity contribution in [2.24, 2.45) is 0 Å². The van der Waals surface area contributed by atoms with Crippen LogP contribution in [-0.4, -0.2) is 10.9 Å². The van der Waals surface area contributed by atoms with E-state index in [1.165, 1.54) is 5.56 Å². The smallest absolute Gasteiger partial charge is 0.255 e. The lowest BCUT2D eigenvalue weighted by molar-refractivity contribution is 0.102. The Morgan fingerprint density at radius 2 is 1.93 bits per heavy atom. The predicted molar refractivity (Wildman–Crippen MR) is 107 cm³/mol. The second kappa shape index (κ2) is 8.15. The number of anilines is 3. The van der Waals surface area contributed by atoms with Gasteiger partial charge in [-0.2, -0.15) is 5.26 Å². The van der Waals surface area contributed by atoms with Gasteiger partial charge in [0, 0.05) is 23.1 Å². The standard InChI is InChI=1S/C22H20N4O/c1-3-17-6-4-5-15(2)21(17)26-20-13-18(11-12-24-20)22(27)25-19-9-7-16(14-23)8-10-19/h4-13H,3H2,1-2H3,(H,24,26)(H,25,27). The Bertz CT molecular complexity index is 1000. The maximum absolute atomic E-state index is 12.5. The van der Waals surface area contributed by atoms with Crippen molar-refractivity contribution in [1.29, 1.82) is 5.26 Å². The number of aryl methyl sites for hydroxylation is 2. The van der Waals surface area contributed by atoms with Crippen LogP contribution in [0.2, 0.25) is 0 Å². The summed E-state index contributed by atoms with van der Waals surface area (Å²) < 4.78 is 0. The Labute approximate surface area is 158 Å². The Morgan fingerprint density at radius 3 is 2.63 bits per heavy atom. The summed E-state index contributed by atoms with van der Waals surface area (Å²) in [5.74, 6) is 0.386. The molecular weight excluding hydrogens is 336 g/mol. The Kier molecular flexibility index (Phi) is 5.48. The molecule has 5 heteroatoms. The summed E-state index contributed by atoms with van der Waals surface area (Å²) in [6.45, 7) is 4.15. The molecule has 0 aliphatic rings. The van der Waals surface area contributed by atoms with Gasteiger partial charge in [0.05, 0.1) is 11.6 Å². The molecule has 2 N–H and O–H groups in total. The van der Waals surface area contributed by atoms with Crippen LogP contribution in [0.4, 0.5) is 17.2 Å². The molecule has 1 aromatic heterocycles. The number of benzene rings is 2. The molecule has 0 fully saturated rings. The first-order valence-corrected chi connectivity index (χ1v) is 8.73. The van der Waals surface area contributed by atoms with Crippen molar-refractivity contribution >= 4 is 23.1 Å². The second-order valence-electron chi connectivity index (χ2n) is 6.16. The number of aromatic nitrogens is 1. The molecule has 0 unspecified atom stereocenters. The molecule has 0 saturated heterocycles. The van der Waals surface area contributed by atoms with Gasteiger partial charge in [-0.3, -0.25) is 4.79 Å². The summed E-state index contributed by atoms with van der Waals surface area (Å²) in [4.78, 5) is 16.9. The lowest BCUT2D eigenvalue weighted by Crippen LogP contribution is -2.12. The maximum atomic E-state index is 12.5. The number of pyridine rings is 1. The molecule has 0 aliphatic heterocycles. The molecule has 27 heavy (non-hydrogen) atoms. The van der Waals surface area contributed by atoms with Crippen LogP contribution in [-0.2, 0) is 6.42 Å². The van der Waals surface area contributed by atoms with Gasteiger partial charge in [-0.05, 0) is 60.9 Å². The largest absolute Gasteiger partial charge is 0.340 e. The van der Waals surface area contributed by atoms with Gasteiger partial charge in [0.2, 0.25) is 0 Å². The van der Waals surface area contributed by atoms with E-state index in [4.69, 9.17) is 5.26 Å². The number of para-hydroxylation sites is 1. The van der Waals surface area contributed by atoms with Gasteiger partial charge in [-0.1, -0.05) is 25.1 Å². The zero-order valence-electron chi connectivity index (χ0n) is 15.3. The first kappa shape index (κ1) is 18.2. The highest BCUT2D eigenvalue weighted by atomic mass is 16.1. The van der Waals surface area contributed by atoms with Crippen molar-refractivity contribution < 1.29 is 4.79 Å². The van der Waals surface area contributed by atoms with Crippen molar-refractivity contribution in [2.45, 2.75) is 20.3 Å². The van der Waals surface area contributed by atoms with Gasteiger partial charge in [0.25, 0.3) is 5.91 Å². The van der Waals surface area contributed by atoms with Crippen LogP contribution >= 0.6 is 0 Å². The van der Waals surface area contributed by atoms with Gasteiger partial charge in [0.15, 0.2) is 0 Å². The third kappa shape index (κ3) is 4.31. The Morgan fingerprint density at radius 1 is 1.15 bits per heavy atom. The summed E-state index contributed by atoms with van der Waals surface area (Å²) in [7, 11) is 0. The normalized spacial score (nSPS) is 10.1. The van der Waals surface area contributed by atoms with Gasteiger partial charge < -0.3 is 10.6 Å². The fourth-order valence-corrected chi connectivity index (χ4v) is 2.80. The summed E-state index contributed by atoms with van der Waals surface area (Å²) in [6.07, 6.45) is 2.52. The fourth-order valence-electron chi connectivity index (χ4n) is 2.80.